The van der Waals surface area contributed by atoms with Crippen LogP contribution in [0.15, 0.2) is 10.5 Å². The van der Waals surface area contributed by atoms with Gasteiger partial charge in [0.25, 0.3) is 0 Å². The molecule has 0 amide bonds. The molecule has 3 N–H and O–H groups in total. The smallest absolute Gasteiger partial charge is 0.339 e. The van der Waals surface area contributed by atoms with Crippen LogP contribution in [-0.2, 0) is 5.75 Å². The van der Waals surface area contributed by atoms with Crippen LogP contribution in [-0.4, -0.2) is 22.4 Å². The molecule has 0 unspecified atom stereocenters. The molecule has 0 fully saturated rings. The SMILES string of the molecule is Cc1oc(CSCC(C)(C)N)cc1C(=O)O. The molecule has 5 heteroatoms. The molecule has 0 aliphatic carbocycles. The molecule has 0 bridgehead atoms. The molecule has 4 nitrogen and oxygen atoms in total. The highest BCUT2D eigenvalue weighted by atomic mass is 32.2. The van der Waals surface area contributed by atoms with Crippen molar-refractivity contribution in [3.63, 3.8) is 0 Å². The van der Waals surface area contributed by atoms with Crippen molar-refractivity contribution in [3.8, 4) is 0 Å². The Bertz CT molecular complexity index is 379. The Labute approximate surface area is 99.2 Å². The van der Waals surface area contributed by atoms with Crippen LogP contribution in [0.1, 0.15) is 35.7 Å². The fraction of sp³-hybridized carbons (Fsp3) is 0.545. The van der Waals surface area contributed by atoms with E-state index in [2.05, 4.69) is 0 Å². The zero-order valence-corrected chi connectivity index (χ0v) is 10.6. The quantitative estimate of drug-likeness (QED) is 0.829. The fourth-order valence-electron chi connectivity index (χ4n) is 1.24. The summed E-state index contributed by atoms with van der Waals surface area (Å²) in [7, 11) is 0. The monoisotopic (exact) mass is 243 g/mol. The Kier molecular flexibility index (Phi) is 4.04. The summed E-state index contributed by atoms with van der Waals surface area (Å²) in [5.74, 6) is 1.64. The van der Waals surface area contributed by atoms with Gasteiger partial charge in [-0.15, -0.1) is 0 Å². The average molecular weight is 243 g/mol. The largest absolute Gasteiger partial charge is 0.478 e. The van der Waals surface area contributed by atoms with Crippen LogP contribution in [0.25, 0.3) is 0 Å². The first-order valence-corrected chi connectivity index (χ1v) is 6.14. The molecule has 1 aromatic rings. The van der Waals surface area contributed by atoms with Gasteiger partial charge in [-0.05, 0) is 26.8 Å². The third kappa shape index (κ3) is 3.90. The van der Waals surface area contributed by atoms with E-state index in [1.165, 1.54) is 0 Å². The van der Waals surface area contributed by atoms with Gasteiger partial charge in [0.05, 0.1) is 5.75 Å². The van der Waals surface area contributed by atoms with Crippen molar-refractivity contribution in [2.45, 2.75) is 32.1 Å². The Morgan fingerprint density at radius 2 is 2.25 bits per heavy atom. The first-order chi connectivity index (χ1) is 7.29. The molecule has 0 saturated carbocycles. The highest BCUT2D eigenvalue weighted by molar-refractivity contribution is 7.98. The number of hydrogen-bond acceptors (Lipinski definition) is 4. The van der Waals surface area contributed by atoms with Crippen LogP contribution in [0.5, 0.6) is 0 Å². The molecule has 1 heterocycles. The van der Waals surface area contributed by atoms with Gasteiger partial charge in [-0.25, -0.2) is 4.79 Å². The van der Waals surface area contributed by atoms with Crippen molar-refractivity contribution >= 4 is 17.7 Å². The van der Waals surface area contributed by atoms with Crippen LogP contribution < -0.4 is 5.73 Å². The minimum absolute atomic E-state index is 0.220. The molecular weight excluding hydrogens is 226 g/mol. The molecule has 0 spiro atoms. The number of aryl methyl sites for hydroxylation is 1. The molecule has 0 atom stereocenters. The number of furan rings is 1. The highest BCUT2D eigenvalue weighted by Gasteiger charge is 2.15. The van der Waals surface area contributed by atoms with E-state index in [0.29, 0.717) is 17.3 Å². The number of carboxylic acids is 1. The predicted octanol–water partition coefficient (Wildman–Crippen LogP) is 2.26. The molecule has 0 radical (unpaired) electrons. The molecule has 0 aromatic carbocycles. The van der Waals surface area contributed by atoms with Crippen LogP contribution in [0.2, 0.25) is 0 Å². The lowest BCUT2D eigenvalue weighted by atomic mass is 10.1. The van der Waals surface area contributed by atoms with E-state index in [1.54, 1.807) is 24.8 Å². The van der Waals surface area contributed by atoms with Crippen LogP contribution in [0, 0.1) is 6.92 Å². The fourth-order valence-corrected chi connectivity index (χ4v) is 2.21. The Morgan fingerprint density at radius 1 is 1.62 bits per heavy atom. The first kappa shape index (κ1) is 13.1. The van der Waals surface area contributed by atoms with Crippen molar-refractivity contribution < 1.29 is 14.3 Å². The summed E-state index contributed by atoms with van der Waals surface area (Å²) in [6.45, 7) is 5.57. The number of hydrogen-bond donors (Lipinski definition) is 2. The second-order valence-electron chi connectivity index (χ2n) is 4.47. The van der Waals surface area contributed by atoms with Crippen molar-refractivity contribution in [3.05, 3.63) is 23.2 Å². The van der Waals surface area contributed by atoms with Gasteiger partial charge in [-0.2, -0.15) is 11.8 Å². The minimum atomic E-state index is -0.948. The van der Waals surface area contributed by atoms with Gasteiger partial charge in [0, 0.05) is 11.3 Å². The molecular formula is C11H17NO3S. The summed E-state index contributed by atoms with van der Waals surface area (Å²) in [4.78, 5) is 10.8. The molecule has 1 aromatic heterocycles. The third-order valence-corrected chi connectivity index (χ3v) is 3.35. The Morgan fingerprint density at radius 3 is 2.69 bits per heavy atom. The number of carbonyl (C=O) groups is 1. The van der Waals surface area contributed by atoms with Crippen molar-refractivity contribution in [2.24, 2.45) is 5.73 Å². The van der Waals surface area contributed by atoms with Gasteiger partial charge in [-0.1, -0.05) is 0 Å². The van der Waals surface area contributed by atoms with Gasteiger partial charge >= 0.3 is 5.97 Å². The number of carboxylic acid groups (broad SMARTS) is 1. The van der Waals surface area contributed by atoms with Gasteiger partial charge in [0.2, 0.25) is 0 Å². The maximum absolute atomic E-state index is 10.8. The third-order valence-electron chi connectivity index (χ3n) is 1.92. The minimum Gasteiger partial charge on any atom is -0.478 e. The van der Waals surface area contributed by atoms with Crippen molar-refractivity contribution in [2.75, 3.05) is 5.75 Å². The summed E-state index contributed by atoms with van der Waals surface area (Å²) >= 11 is 1.64. The Balaban J connectivity index is 2.56. The maximum atomic E-state index is 10.8. The van der Waals surface area contributed by atoms with E-state index in [1.807, 2.05) is 13.8 Å². The highest BCUT2D eigenvalue weighted by Crippen LogP contribution is 2.21. The average Bonchev–Trinajstić information content (AvgIpc) is 2.44. The van der Waals surface area contributed by atoms with Gasteiger partial charge in [-0.3, -0.25) is 0 Å². The number of rotatable bonds is 5. The van der Waals surface area contributed by atoms with E-state index >= 15 is 0 Å². The topological polar surface area (TPSA) is 76.5 Å². The molecule has 1 rings (SSSR count). The van der Waals surface area contributed by atoms with Gasteiger partial charge in [0.15, 0.2) is 0 Å². The summed E-state index contributed by atoms with van der Waals surface area (Å²) in [5.41, 5.74) is 5.86. The molecule has 0 aliphatic heterocycles. The lowest BCUT2D eigenvalue weighted by Crippen LogP contribution is -2.34. The first-order valence-electron chi connectivity index (χ1n) is 4.99. The molecule has 90 valence electrons. The normalized spacial score (nSPS) is 11.8. The summed E-state index contributed by atoms with van der Waals surface area (Å²) in [6, 6.07) is 1.58. The van der Waals surface area contributed by atoms with E-state index in [9.17, 15) is 4.79 Å². The van der Waals surface area contributed by atoms with Crippen LogP contribution >= 0.6 is 11.8 Å². The summed E-state index contributed by atoms with van der Waals surface area (Å²) in [6.07, 6.45) is 0. The lowest BCUT2D eigenvalue weighted by Gasteiger charge is -2.16. The van der Waals surface area contributed by atoms with Crippen molar-refractivity contribution in [1.29, 1.82) is 0 Å². The van der Waals surface area contributed by atoms with Crippen LogP contribution in [0.3, 0.4) is 0 Å². The zero-order valence-electron chi connectivity index (χ0n) is 9.74. The number of thioether (sulfide) groups is 1. The van der Waals surface area contributed by atoms with Crippen LogP contribution in [0.4, 0.5) is 0 Å². The maximum Gasteiger partial charge on any atom is 0.339 e. The van der Waals surface area contributed by atoms with E-state index in [4.69, 9.17) is 15.3 Å². The molecule has 16 heavy (non-hydrogen) atoms. The Hall–Kier alpha value is -0.940. The van der Waals surface area contributed by atoms with Gasteiger partial charge in [0.1, 0.15) is 17.1 Å². The molecule has 0 saturated heterocycles. The summed E-state index contributed by atoms with van der Waals surface area (Å²) < 4.78 is 5.35. The number of aromatic carboxylic acids is 1. The van der Waals surface area contributed by atoms with Crippen molar-refractivity contribution in [1.82, 2.24) is 0 Å². The van der Waals surface area contributed by atoms with E-state index < -0.39 is 5.97 Å². The predicted molar refractivity (Wildman–Crippen MR) is 64.8 cm³/mol. The second-order valence-corrected chi connectivity index (χ2v) is 5.45. The summed E-state index contributed by atoms with van der Waals surface area (Å²) in [5, 5.41) is 8.85. The standard InChI is InChI=1S/C11H17NO3S/c1-7-9(10(13)14)4-8(15-7)5-16-6-11(2,3)12/h4H,5-6,12H2,1-3H3,(H,13,14). The van der Waals surface area contributed by atoms with Gasteiger partial charge < -0.3 is 15.3 Å². The second kappa shape index (κ2) is 4.93. The molecule has 0 aliphatic rings. The lowest BCUT2D eigenvalue weighted by molar-refractivity contribution is 0.0695. The number of nitrogens with two attached hydrogens (primary N) is 1. The van der Waals surface area contributed by atoms with E-state index in [0.717, 1.165) is 5.75 Å². The zero-order chi connectivity index (χ0) is 12.3. The van der Waals surface area contributed by atoms with E-state index in [-0.39, 0.29) is 11.1 Å².